The number of hydrogen-bond donors (Lipinski definition) is 2. The molecule has 0 aromatic carbocycles. The summed E-state index contributed by atoms with van der Waals surface area (Å²) in [6.45, 7) is 3.76. The Labute approximate surface area is 148 Å². The van der Waals surface area contributed by atoms with Crippen LogP contribution < -0.4 is 10.6 Å². The topological polar surface area (TPSA) is 41.4 Å². The zero-order valence-corrected chi connectivity index (χ0v) is 16.0. The third-order valence-electron chi connectivity index (χ3n) is 2.95. The molecule has 20 heavy (non-hydrogen) atoms. The Morgan fingerprint density at radius 2 is 2.00 bits per heavy atom. The van der Waals surface area contributed by atoms with Crippen LogP contribution in [0.1, 0.15) is 31.9 Å². The molecule has 1 rings (SSSR count). The Morgan fingerprint density at radius 1 is 1.30 bits per heavy atom. The first-order valence-electron chi connectivity index (χ1n) is 6.54. The molecule has 0 aliphatic heterocycles. The summed E-state index contributed by atoms with van der Waals surface area (Å²) in [5.74, 6) is 0.796. The van der Waals surface area contributed by atoms with Gasteiger partial charge >= 0.3 is 0 Å². The quantitative estimate of drug-likeness (QED) is 0.310. The second-order valence-electron chi connectivity index (χ2n) is 4.39. The van der Waals surface area contributed by atoms with Crippen LogP contribution in [0.3, 0.4) is 0 Å². The van der Waals surface area contributed by atoms with Gasteiger partial charge < -0.3 is 15.2 Å². The highest BCUT2D eigenvalue weighted by Gasteiger charge is 2.08. The monoisotopic (exact) mass is 432 g/mol. The van der Waals surface area contributed by atoms with Crippen LogP contribution in [-0.4, -0.2) is 24.1 Å². The van der Waals surface area contributed by atoms with Crippen LogP contribution >= 0.6 is 47.2 Å². The Kier molecular flexibility index (Phi) is 10.5. The van der Waals surface area contributed by atoms with E-state index >= 15 is 0 Å². The van der Waals surface area contributed by atoms with Crippen LogP contribution in [0.25, 0.3) is 0 Å². The second kappa shape index (κ2) is 10.6. The van der Waals surface area contributed by atoms with Crippen molar-refractivity contribution in [1.82, 2.24) is 15.2 Å². The molecule has 0 unspecified atom stereocenters. The van der Waals surface area contributed by atoms with E-state index in [1.54, 1.807) is 7.05 Å². The average molecular weight is 433 g/mol. The van der Waals surface area contributed by atoms with Crippen LogP contribution in [0.2, 0.25) is 10.2 Å². The predicted molar refractivity (Wildman–Crippen MR) is 98.6 cm³/mol. The second-order valence-corrected chi connectivity index (χ2v) is 5.16. The summed E-state index contributed by atoms with van der Waals surface area (Å²) in [7, 11) is 3.66. The molecular weight excluding hydrogens is 410 g/mol. The number of unbranched alkanes of at least 4 members (excludes halogenated alkanes) is 2. The molecule has 0 radical (unpaired) electrons. The number of nitrogens with zero attached hydrogens (tertiary/aromatic N) is 2. The number of aliphatic imine (C=N–C) groups is 1. The molecule has 0 saturated heterocycles. The van der Waals surface area contributed by atoms with Gasteiger partial charge in [0.05, 0.1) is 11.6 Å². The van der Waals surface area contributed by atoms with Gasteiger partial charge in [0.1, 0.15) is 5.15 Å². The summed E-state index contributed by atoms with van der Waals surface area (Å²) in [6, 6.07) is 1.86. The van der Waals surface area contributed by atoms with E-state index in [9.17, 15) is 0 Å². The number of aromatic nitrogens is 1. The zero-order valence-electron chi connectivity index (χ0n) is 12.2. The average Bonchev–Trinajstić information content (AvgIpc) is 2.65. The molecule has 4 nitrogen and oxygen atoms in total. The molecule has 0 aliphatic carbocycles. The van der Waals surface area contributed by atoms with Gasteiger partial charge in [0.2, 0.25) is 0 Å². The molecule has 0 spiro atoms. The lowest BCUT2D eigenvalue weighted by atomic mass is 10.2. The van der Waals surface area contributed by atoms with E-state index in [1.807, 2.05) is 17.7 Å². The van der Waals surface area contributed by atoms with Gasteiger partial charge in [0.25, 0.3) is 0 Å². The highest BCUT2D eigenvalue weighted by molar-refractivity contribution is 14.0. The van der Waals surface area contributed by atoms with E-state index in [2.05, 4.69) is 22.5 Å². The Morgan fingerprint density at radius 3 is 2.50 bits per heavy atom. The minimum atomic E-state index is 0. The minimum Gasteiger partial charge on any atom is -0.356 e. The van der Waals surface area contributed by atoms with Gasteiger partial charge in [0, 0.05) is 26.3 Å². The lowest BCUT2D eigenvalue weighted by molar-refractivity contribution is 0.678. The fourth-order valence-corrected chi connectivity index (χ4v) is 2.15. The molecule has 0 amide bonds. The minimum absolute atomic E-state index is 0. The van der Waals surface area contributed by atoms with Crippen molar-refractivity contribution < 1.29 is 0 Å². The van der Waals surface area contributed by atoms with Gasteiger partial charge in [-0.3, -0.25) is 4.99 Å². The van der Waals surface area contributed by atoms with Crippen molar-refractivity contribution in [2.24, 2.45) is 12.0 Å². The fraction of sp³-hybridized carbons (Fsp3) is 0.615. The molecule has 0 aliphatic rings. The van der Waals surface area contributed by atoms with Crippen molar-refractivity contribution in [3.63, 3.8) is 0 Å². The van der Waals surface area contributed by atoms with Gasteiger partial charge in [-0.05, 0) is 12.5 Å². The summed E-state index contributed by atoms with van der Waals surface area (Å²) >= 11 is 12.0. The standard InChI is InChI=1S/C13H22Cl2N4.HI/c1-4-5-6-7-17-13(16-2)18-9-10-8-11(14)12(15)19(10)3;/h8H,4-7,9H2,1-3H3,(H2,16,17,18);1H. The highest BCUT2D eigenvalue weighted by atomic mass is 127. The summed E-state index contributed by atoms with van der Waals surface area (Å²) in [6.07, 6.45) is 3.60. The maximum absolute atomic E-state index is 6.02. The maximum atomic E-state index is 6.02. The number of halogens is 3. The highest BCUT2D eigenvalue weighted by Crippen LogP contribution is 2.24. The summed E-state index contributed by atoms with van der Waals surface area (Å²) in [4.78, 5) is 4.18. The molecule has 0 atom stereocenters. The SMILES string of the molecule is CCCCCNC(=NC)NCc1cc(Cl)c(Cl)n1C.I. The van der Waals surface area contributed by atoms with Crippen molar-refractivity contribution >= 4 is 53.1 Å². The van der Waals surface area contributed by atoms with Gasteiger partial charge in [-0.2, -0.15) is 0 Å². The third kappa shape index (κ3) is 6.10. The van der Waals surface area contributed by atoms with Crippen molar-refractivity contribution in [2.75, 3.05) is 13.6 Å². The summed E-state index contributed by atoms with van der Waals surface area (Å²) in [5, 5.41) is 7.66. The number of rotatable bonds is 6. The van der Waals surface area contributed by atoms with E-state index < -0.39 is 0 Å². The van der Waals surface area contributed by atoms with Gasteiger partial charge in [-0.15, -0.1) is 24.0 Å². The number of hydrogen-bond acceptors (Lipinski definition) is 1. The van der Waals surface area contributed by atoms with Crippen LogP contribution in [0.5, 0.6) is 0 Å². The van der Waals surface area contributed by atoms with Crippen molar-refractivity contribution in [1.29, 1.82) is 0 Å². The van der Waals surface area contributed by atoms with E-state index in [-0.39, 0.29) is 24.0 Å². The summed E-state index contributed by atoms with van der Waals surface area (Å²) < 4.78 is 1.86. The number of nitrogens with one attached hydrogen (secondary N) is 2. The normalized spacial score (nSPS) is 11.2. The lowest BCUT2D eigenvalue weighted by Crippen LogP contribution is -2.37. The van der Waals surface area contributed by atoms with E-state index in [0.717, 1.165) is 24.6 Å². The van der Waals surface area contributed by atoms with Gasteiger partial charge in [0.15, 0.2) is 5.96 Å². The summed E-state index contributed by atoms with van der Waals surface area (Å²) in [5.41, 5.74) is 1.02. The van der Waals surface area contributed by atoms with Crippen molar-refractivity contribution in [3.8, 4) is 0 Å². The molecule has 7 heteroatoms. The van der Waals surface area contributed by atoms with Crippen LogP contribution in [0.4, 0.5) is 0 Å². The molecule has 1 aromatic rings. The predicted octanol–water partition coefficient (Wildman–Crippen LogP) is 3.81. The molecule has 0 fully saturated rings. The molecule has 1 aromatic heterocycles. The lowest BCUT2D eigenvalue weighted by Gasteiger charge is -2.12. The third-order valence-corrected chi connectivity index (χ3v) is 3.79. The molecule has 1 heterocycles. The molecule has 0 saturated carbocycles. The Bertz CT molecular complexity index is 432. The van der Waals surface area contributed by atoms with Gasteiger partial charge in [-0.25, -0.2) is 0 Å². The largest absolute Gasteiger partial charge is 0.356 e. The van der Waals surface area contributed by atoms with E-state index in [4.69, 9.17) is 23.2 Å². The first-order chi connectivity index (χ1) is 9.10. The van der Waals surface area contributed by atoms with Crippen LogP contribution in [0, 0.1) is 0 Å². The Balaban J connectivity index is 0.00000361. The molecule has 2 N–H and O–H groups in total. The van der Waals surface area contributed by atoms with E-state index in [0.29, 0.717) is 16.7 Å². The molecule has 0 bridgehead atoms. The van der Waals surface area contributed by atoms with Crippen LogP contribution in [-0.2, 0) is 13.6 Å². The molecular formula is C13H23Cl2IN4. The Hall–Kier alpha value is -0.140. The maximum Gasteiger partial charge on any atom is 0.191 e. The van der Waals surface area contributed by atoms with E-state index in [1.165, 1.54) is 12.8 Å². The smallest absolute Gasteiger partial charge is 0.191 e. The first kappa shape index (κ1) is 19.9. The van der Waals surface area contributed by atoms with Crippen LogP contribution in [0.15, 0.2) is 11.1 Å². The number of guanidine groups is 1. The van der Waals surface area contributed by atoms with Crippen molar-refractivity contribution in [3.05, 3.63) is 21.9 Å². The zero-order chi connectivity index (χ0) is 14.3. The first-order valence-corrected chi connectivity index (χ1v) is 7.29. The fourth-order valence-electron chi connectivity index (χ4n) is 1.74. The molecule has 116 valence electrons. The van der Waals surface area contributed by atoms with Crippen molar-refractivity contribution in [2.45, 2.75) is 32.7 Å². The van der Waals surface area contributed by atoms with Gasteiger partial charge in [-0.1, -0.05) is 43.0 Å².